The Balaban J connectivity index is 2.51. The van der Waals surface area contributed by atoms with E-state index in [0.717, 1.165) is 0 Å². The second-order valence-corrected chi connectivity index (χ2v) is 4.96. The van der Waals surface area contributed by atoms with Crippen molar-refractivity contribution in [1.29, 1.82) is 0 Å². The van der Waals surface area contributed by atoms with Gasteiger partial charge in [0.1, 0.15) is 17.3 Å². The number of alkyl halides is 1. The van der Waals surface area contributed by atoms with Gasteiger partial charge in [-0.25, -0.2) is 4.39 Å². The lowest BCUT2D eigenvalue weighted by molar-refractivity contribution is 0.399. The summed E-state index contributed by atoms with van der Waals surface area (Å²) in [5, 5.41) is -0.686. The number of hydrogen-bond acceptors (Lipinski definition) is 2. The lowest BCUT2D eigenvalue weighted by Gasteiger charge is -2.16. The first-order valence-electron chi connectivity index (χ1n) is 5.88. The van der Waals surface area contributed by atoms with Crippen molar-refractivity contribution < 1.29 is 13.9 Å². The van der Waals surface area contributed by atoms with Crippen LogP contribution in [0.2, 0.25) is 5.02 Å². The van der Waals surface area contributed by atoms with Gasteiger partial charge < -0.3 is 9.47 Å². The molecule has 0 saturated carbocycles. The zero-order chi connectivity index (χ0) is 14.7. The summed E-state index contributed by atoms with van der Waals surface area (Å²) in [5.41, 5.74) is 0.917. The molecule has 2 aromatic carbocycles. The Labute approximate surface area is 127 Å². The van der Waals surface area contributed by atoms with Gasteiger partial charge in [0.2, 0.25) is 0 Å². The van der Waals surface area contributed by atoms with Crippen LogP contribution in [0.5, 0.6) is 11.5 Å². The average molecular weight is 315 g/mol. The summed E-state index contributed by atoms with van der Waals surface area (Å²) in [5.74, 6) is 0.651. The van der Waals surface area contributed by atoms with Crippen molar-refractivity contribution in [3.63, 3.8) is 0 Å². The fraction of sp³-hybridized carbons (Fsp3) is 0.200. The Hall–Kier alpha value is -1.45. The molecule has 0 aliphatic heterocycles. The molecule has 0 bridgehead atoms. The molecule has 0 N–H and O–H groups in total. The number of methoxy groups -OCH3 is 2. The van der Waals surface area contributed by atoms with Crippen molar-refractivity contribution in [1.82, 2.24) is 0 Å². The van der Waals surface area contributed by atoms with Gasteiger partial charge in [0.25, 0.3) is 0 Å². The standard InChI is InChI=1S/C15H13Cl2FO2/c1-19-9-6-7-13(20-2)11(8-9)14(17)10-4-3-5-12(16)15(10)18/h3-8,14H,1-2H3. The fourth-order valence-corrected chi connectivity index (χ4v) is 2.44. The predicted molar refractivity (Wildman–Crippen MR) is 78.7 cm³/mol. The van der Waals surface area contributed by atoms with Crippen LogP contribution in [0, 0.1) is 5.82 Å². The molecule has 0 saturated heterocycles. The average Bonchev–Trinajstić information content (AvgIpc) is 2.48. The summed E-state index contributed by atoms with van der Waals surface area (Å²) < 4.78 is 24.5. The van der Waals surface area contributed by atoms with Crippen LogP contribution in [-0.2, 0) is 0 Å². The predicted octanol–water partition coefficient (Wildman–Crippen LogP) is 4.82. The highest BCUT2D eigenvalue weighted by atomic mass is 35.5. The molecule has 0 spiro atoms. The van der Waals surface area contributed by atoms with E-state index in [1.165, 1.54) is 13.2 Å². The zero-order valence-corrected chi connectivity index (χ0v) is 12.5. The van der Waals surface area contributed by atoms with Gasteiger partial charge in [0.15, 0.2) is 0 Å². The van der Waals surface area contributed by atoms with Crippen molar-refractivity contribution in [3.05, 3.63) is 58.4 Å². The molecule has 2 aromatic rings. The largest absolute Gasteiger partial charge is 0.497 e. The molecule has 0 aromatic heterocycles. The second-order valence-electron chi connectivity index (χ2n) is 4.11. The Morgan fingerprint density at radius 2 is 1.80 bits per heavy atom. The first kappa shape index (κ1) is 14.9. The molecule has 1 unspecified atom stereocenters. The summed E-state index contributed by atoms with van der Waals surface area (Å²) in [6, 6.07) is 9.93. The fourth-order valence-electron chi connectivity index (χ4n) is 1.92. The van der Waals surface area contributed by atoms with Crippen LogP contribution < -0.4 is 9.47 Å². The Kier molecular flexibility index (Phi) is 4.73. The minimum absolute atomic E-state index is 0.0370. The summed E-state index contributed by atoms with van der Waals surface area (Å²) in [6.45, 7) is 0. The third kappa shape index (κ3) is 2.84. The number of rotatable bonds is 4. The molecule has 0 aliphatic rings. The van der Waals surface area contributed by atoms with E-state index >= 15 is 0 Å². The highest BCUT2D eigenvalue weighted by molar-refractivity contribution is 6.31. The molecule has 106 valence electrons. The highest BCUT2D eigenvalue weighted by Crippen LogP contribution is 2.39. The molecule has 2 nitrogen and oxygen atoms in total. The maximum Gasteiger partial charge on any atom is 0.146 e. The maximum atomic E-state index is 14.1. The van der Waals surface area contributed by atoms with Crippen LogP contribution in [0.25, 0.3) is 0 Å². The molecule has 2 rings (SSSR count). The molecule has 5 heteroatoms. The molecule has 20 heavy (non-hydrogen) atoms. The summed E-state index contributed by atoms with van der Waals surface area (Å²) >= 11 is 12.2. The van der Waals surface area contributed by atoms with E-state index in [2.05, 4.69) is 0 Å². The molecule has 1 atom stereocenters. The van der Waals surface area contributed by atoms with Gasteiger partial charge >= 0.3 is 0 Å². The van der Waals surface area contributed by atoms with Gasteiger partial charge in [-0.3, -0.25) is 0 Å². The zero-order valence-electron chi connectivity index (χ0n) is 11.0. The van der Waals surface area contributed by atoms with Crippen LogP contribution in [0.4, 0.5) is 4.39 Å². The van der Waals surface area contributed by atoms with Crippen molar-refractivity contribution in [3.8, 4) is 11.5 Å². The van der Waals surface area contributed by atoms with Gasteiger partial charge in [-0.05, 0) is 24.3 Å². The van der Waals surface area contributed by atoms with E-state index in [-0.39, 0.29) is 5.02 Å². The summed E-state index contributed by atoms with van der Waals surface area (Å²) in [7, 11) is 3.08. The van der Waals surface area contributed by atoms with Crippen LogP contribution >= 0.6 is 23.2 Å². The molecular weight excluding hydrogens is 302 g/mol. The molecule has 0 radical (unpaired) electrons. The molecule has 0 aliphatic carbocycles. The quantitative estimate of drug-likeness (QED) is 0.753. The van der Waals surface area contributed by atoms with Gasteiger partial charge in [-0.2, -0.15) is 0 Å². The third-order valence-corrected chi connectivity index (χ3v) is 3.73. The topological polar surface area (TPSA) is 18.5 Å². The number of hydrogen-bond donors (Lipinski definition) is 0. The van der Waals surface area contributed by atoms with E-state index in [0.29, 0.717) is 22.6 Å². The van der Waals surface area contributed by atoms with E-state index in [1.807, 2.05) is 0 Å². The van der Waals surface area contributed by atoms with Crippen molar-refractivity contribution in [2.75, 3.05) is 14.2 Å². The van der Waals surface area contributed by atoms with Gasteiger partial charge in [0, 0.05) is 11.1 Å². The molecule has 0 amide bonds. The normalized spacial score (nSPS) is 12.1. The smallest absolute Gasteiger partial charge is 0.146 e. The lowest BCUT2D eigenvalue weighted by Crippen LogP contribution is -2.01. The SMILES string of the molecule is COc1ccc(OC)c(C(Cl)c2cccc(Cl)c2F)c1. The van der Waals surface area contributed by atoms with Crippen molar-refractivity contribution in [2.45, 2.75) is 5.38 Å². The number of halogens is 3. The Morgan fingerprint density at radius 1 is 1.05 bits per heavy atom. The van der Waals surface area contributed by atoms with Crippen LogP contribution in [0.15, 0.2) is 36.4 Å². The molecule has 0 fully saturated rings. The third-order valence-electron chi connectivity index (χ3n) is 2.96. The van der Waals surface area contributed by atoms with Gasteiger partial charge in [-0.15, -0.1) is 11.6 Å². The first-order valence-corrected chi connectivity index (χ1v) is 6.69. The lowest BCUT2D eigenvalue weighted by atomic mass is 10.0. The maximum absolute atomic E-state index is 14.1. The molecule has 0 heterocycles. The Morgan fingerprint density at radius 3 is 2.45 bits per heavy atom. The highest BCUT2D eigenvalue weighted by Gasteiger charge is 2.21. The van der Waals surface area contributed by atoms with Gasteiger partial charge in [-0.1, -0.05) is 23.7 Å². The van der Waals surface area contributed by atoms with E-state index in [9.17, 15) is 4.39 Å². The van der Waals surface area contributed by atoms with Crippen LogP contribution in [-0.4, -0.2) is 14.2 Å². The number of ether oxygens (including phenoxy) is 2. The van der Waals surface area contributed by atoms with Crippen molar-refractivity contribution in [2.24, 2.45) is 0 Å². The van der Waals surface area contributed by atoms with E-state index < -0.39 is 11.2 Å². The molecular formula is C15H13Cl2FO2. The summed E-state index contributed by atoms with van der Waals surface area (Å²) in [6.07, 6.45) is 0. The summed E-state index contributed by atoms with van der Waals surface area (Å²) in [4.78, 5) is 0. The van der Waals surface area contributed by atoms with Crippen molar-refractivity contribution >= 4 is 23.2 Å². The minimum Gasteiger partial charge on any atom is -0.497 e. The van der Waals surface area contributed by atoms with E-state index in [1.54, 1.807) is 37.4 Å². The minimum atomic E-state index is -0.723. The van der Waals surface area contributed by atoms with Crippen LogP contribution in [0.1, 0.15) is 16.5 Å². The van der Waals surface area contributed by atoms with Crippen LogP contribution in [0.3, 0.4) is 0 Å². The second kappa shape index (κ2) is 6.33. The first-order chi connectivity index (χ1) is 9.58. The van der Waals surface area contributed by atoms with Gasteiger partial charge in [0.05, 0.1) is 24.6 Å². The Bertz CT molecular complexity index is 617. The number of benzene rings is 2. The van der Waals surface area contributed by atoms with E-state index in [4.69, 9.17) is 32.7 Å². The monoisotopic (exact) mass is 314 g/mol.